The van der Waals surface area contributed by atoms with Gasteiger partial charge in [0.15, 0.2) is 9.84 Å². The van der Waals surface area contributed by atoms with Gasteiger partial charge in [-0.2, -0.15) is 0 Å². The van der Waals surface area contributed by atoms with Crippen LogP contribution >= 0.6 is 23.2 Å². The molecule has 4 amide bonds. The zero-order valence-electron chi connectivity index (χ0n) is 40.3. The summed E-state index contributed by atoms with van der Waals surface area (Å²) in [5.41, 5.74) is 4.58. The number of benzene rings is 4. The van der Waals surface area contributed by atoms with E-state index in [1.165, 1.54) is 4.57 Å². The first-order chi connectivity index (χ1) is 32.7. The Kier molecular flexibility index (Phi) is 16.3. The smallest absolute Gasteiger partial charge is 0.329 e. The third-order valence-electron chi connectivity index (χ3n) is 14.0. The summed E-state index contributed by atoms with van der Waals surface area (Å²) in [6, 6.07) is 26.7. The van der Waals surface area contributed by atoms with E-state index in [0.29, 0.717) is 52.7 Å². The Labute approximate surface area is 415 Å². The van der Waals surface area contributed by atoms with E-state index in [1.807, 2.05) is 60.7 Å². The summed E-state index contributed by atoms with van der Waals surface area (Å²) in [6.07, 6.45) is 4.35. The average molecular weight is 1000 g/mol. The van der Waals surface area contributed by atoms with E-state index >= 15 is 0 Å². The summed E-state index contributed by atoms with van der Waals surface area (Å²) in [5.74, 6) is -1.40. The van der Waals surface area contributed by atoms with Crippen molar-refractivity contribution in [2.24, 2.45) is 18.4 Å². The molecule has 3 N–H and O–H groups in total. The zero-order valence-corrected chi connectivity index (χ0v) is 42.6. The lowest BCUT2D eigenvalue weighted by Gasteiger charge is -2.53. The molecule has 2 aliphatic heterocycles. The Bertz CT molecular complexity index is 2860. The maximum Gasteiger partial charge on any atom is 0.329 e. The van der Waals surface area contributed by atoms with Crippen LogP contribution in [0.25, 0.3) is 11.0 Å². The molecule has 2 fully saturated rings. The van der Waals surface area contributed by atoms with Crippen LogP contribution in [0.5, 0.6) is 0 Å². The molecule has 7 rings (SSSR count). The first-order valence-corrected chi connectivity index (χ1v) is 26.4. The maximum absolute atomic E-state index is 14.0. The van der Waals surface area contributed by atoms with Crippen LogP contribution in [0.2, 0.25) is 10.0 Å². The van der Waals surface area contributed by atoms with Crippen molar-refractivity contribution >= 4 is 73.4 Å². The van der Waals surface area contributed by atoms with E-state index in [0.717, 1.165) is 41.5 Å². The number of hydrogen-bond donors (Lipinski definition) is 3. The second-order valence-electron chi connectivity index (χ2n) is 19.9. The van der Waals surface area contributed by atoms with Crippen molar-refractivity contribution in [2.75, 3.05) is 24.2 Å². The van der Waals surface area contributed by atoms with Crippen molar-refractivity contribution in [1.29, 1.82) is 0 Å². The number of nitrogens with one attached hydrogen (secondary N) is 3. The molecule has 13 nitrogen and oxygen atoms in total. The molecule has 5 atom stereocenters. The van der Waals surface area contributed by atoms with Crippen LogP contribution in [0, 0.1) is 11.3 Å². The minimum Gasteiger partial charge on any atom is -0.352 e. The minimum atomic E-state index is -3.45. The van der Waals surface area contributed by atoms with Gasteiger partial charge in [-0.25, -0.2) is 13.2 Å². The molecule has 0 aliphatic carbocycles. The number of carbonyl (C=O) groups is 4. The number of nitrogens with zero attached hydrogens (tertiary/aromatic N) is 3. The number of hydrogen-bond acceptors (Lipinski definition) is 8. The Balaban J connectivity index is 0.977. The van der Waals surface area contributed by atoms with Gasteiger partial charge in [0.2, 0.25) is 17.7 Å². The fourth-order valence-corrected chi connectivity index (χ4v) is 12.1. The molecular weight excluding hydrogens is 936 g/mol. The topological polar surface area (TPSA) is 169 Å². The number of anilines is 1. The van der Waals surface area contributed by atoms with Gasteiger partial charge in [0, 0.05) is 72.3 Å². The molecule has 16 heteroatoms. The third-order valence-corrected chi connectivity index (χ3v) is 16.7. The van der Waals surface area contributed by atoms with Gasteiger partial charge in [0.1, 0.15) is 6.04 Å². The first-order valence-electron chi connectivity index (χ1n) is 23.9. The van der Waals surface area contributed by atoms with E-state index in [4.69, 9.17) is 23.2 Å². The minimum absolute atomic E-state index is 0.0231. The highest BCUT2D eigenvalue weighted by molar-refractivity contribution is 7.92. The quantitative estimate of drug-likeness (QED) is 0.0577. The van der Waals surface area contributed by atoms with E-state index in [1.54, 1.807) is 49.7 Å². The van der Waals surface area contributed by atoms with Crippen molar-refractivity contribution in [3.8, 4) is 0 Å². The van der Waals surface area contributed by atoms with Crippen LogP contribution in [-0.2, 0) is 37.7 Å². The van der Waals surface area contributed by atoms with Crippen molar-refractivity contribution in [2.45, 2.75) is 115 Å². The van der Waals surface area contributed by atoms with E-state index in [-0.39, 0.29) is 72.3 Å². The highest BCUT2D eigenvalue weighted by atomic mass is 35.5. The molecule has 1 unspecified atom stereocenters. The number of sulfone groups is 1. The predicted molar refractivity (Wildman–Crippen MR) is 274 cm³/mol. The fraction of sp³-hybridized carbons (Fsp3) is 0.453. The van der Waals surface area contributed by atoms with E-state index in [2.05, 4.69) is 47.7 Å². The number of likely N-dealkylation sites (tertiary alicyclic amines) is 1. The zero-order chi connectivity index (χ0) is 49.8. The van der Waals surface area contributed by atoms with Gasteiger partial charge in [0.05, 0.1) is 22.0 Å². The number of aryl methyl sites for hydroxylation is 2. The molecule has 5 aromatic rings. The largest absolute Gasteiger partial charge is 0.352 e. The van der Waals surface area contributed by atoms with Crippen LogP contribution < -0.4 is 21.6 Å². The molecule has 2 saturated heterocycles. The second-order valence-corrected chi connectivity index (χ2v) is 23.3. The number of fused-ring (bicyclic) bond motifs is 1. The SMILES string of the molecule is CC(C)[C@@H](CS(=O)(=O)C(C)C)N1C[C@@](C)(CC(=O)Nc2ccc(C(=O)NCCCCCc3cccc4c3n(C)c(=O)n4C3CCC(=O)NC3=O)cc2)C[C@H](c2cccc(Cl)c2)[C@H]1c1ccc(Cl)cc1. The van der Waals surface area contributed by atoms with E-state index in [9.17, 15) is 32.4 Å². The number of carbonyl (C=O) groups excluding carboxylic acids is 4. The number of aromatic nitrogens is 2. The molecule has 0 spiro atoms. The first kappa shape index (κ1) is 51.6. The average Bonchev–Trinajstić information content (AvgIpc) is 3.55. The van der Waals surface area contributed by atoms with Crippen LogP contribution in [0.4, 0.5) is 5.69 Å². The lowest BCUT2D eigenvalue weighted by molar-refractivity contribution is -0.135. The molecule has 368 valence electrons. The van der Waals surface area contributed by atoms with E-state index < -0.39 is 32.5 Å². The lowest BCUT2D eigenvalue weighted by Crippen LogP contribution is -2.55. The van der Waals surface area contributed by atoms with Gasteiger partial charge in [-0.05, 0) is 129 Å². The summed E-state index contributed by atoms with van der Waals surface area (Å²) in [5, 5.41) is 9.06. The Morgan fingerprint density at radius 2 is 1.58 bits per heavy atom. The number of rotatable bonds is 18. The third kappa shape index (κ3) is 12.0. The van der Waals surface area contributed by atoms with Crippen molar-refractivity contribution in [1.82, 2.24) is 24.7 Å². The Morgan fingerprint density at radius 1 is 0.870 bits per heavy atom. The number of amides is 4. The van der Waals surface area contributed by atoms with Gasteiger partial charge in [-0.3, -0.25) is 38.5 Å². The van der Waals surface area contributed by atoms with Crippen LogP contribution in [0.1, 0.15) is 125 Å². The summed E-state index contributed by atoms with van der Waals surface area (Å²) in [7, 11) is -1.75. The number of unbranched alkanes of at least 4 members (excludes halogenated alkanes) is 2. The van der Waals surface area contributed by atoms with Gasteiger partial charge in [-0.1, -0.05) is 86.8 Å². The van der Waals surface area contributed by atoms with Gasteiger partial charge < -0.3 is 10.6 Å². The van der Waals surface area contributed by atoms with Gasteiger partial charge >= 0.3 is 5.69 Å². The molecule has 0 saturated carbocycles. The summed E-state index contributed by atoms with van der Waals surface area (Å²) in [6.45, 7) is 10.6. The van der Waals surface area contributed by atoms with Crippen LogP contribution in [0.3, 0.4) is 0 Å². The molecule has 0 radical (unpaired) electrons. The monoisotopic (exact) mass is 998 g/mol. The second kappa shape index (κ2) is 21.8. The molecule has 0 bridgehead atoms. The number of piperidine rings is 2. The summed E-state index contributed by atoms with van der Waals surface area (Å²) >= 11 is 13.0. The van der Waals surface area contributed by atoms with Gasteiger partial charge in [-0.15, -0.1) is 0 Å². The molecule has 3 heterocycles. The highest BCUT2D eigenvalue weighted by Gasteiger charge is 2.48. The van der Waals surface area contributed by atoms with Crippen molar-refractivity contribution in [3.05, 3.63) is 134 Å². The number of para-hydroxylation sites is 1. The molecule has 1 aromatic heterocycles. The van der Waals surface area contributed by atoms with Crippen LogP contribution in [-0.4, -0.2) is 76.2 Å². The van der Waals surface area contributed by atoms with Gasteiger partial charge in [0.25, 0.3) is 5.91 Å². The molecule has 2 aliphatic rings. The Hall–Kier alpha value is -5.28. The number of imide groups is 1. The maximum atomic E-state index is 14.0. The normalized spacial score (nSPS) is 20.6. The Morgan fingerprint density at radius 3 is 2.25 bits per heavy atom. The molecule has 69 heavy (non-hydrogen) atoms. The molecule has 4 aromatic carbocycles. The fourth-order valence-electron chi connectivity index (χ4n) is 10.3. The number of imidazole rings is 1. The summed E-state index contributed by atoms with van der Waals surface area (Å²) < 4.78 is 30.3. The number of halogens is 2. The van der Waals surface area contributed by atoms with Crippen molar-refractivity contribution < 1.29 is 27.6 Å². The lowest BCUT2D eigenvalue weighted by atomic mass is 9.67. The summed E-state index contributed by atoms with van der Waals surface area (Å²) in [4.78, 5) is 67.2. The standard InChI is InChI=1S/C53H64Cl2N6O7S/c1-33(2)45(31-69(67,68)34(3)4)60-32-53(5,29-42(38-14-10-15-40(55)28-38)48(60)36-17-21-39(54)22-18-36)30-47(63)57-41-23-19-37(20-24-41)50(64)56-27-9-7-8-12-35-13-11-16-43-49(35)59(6)52(66)61(43)44-25-26-46(62)58-51(44)65/h10-11,13-24,28,33-34,42,44-45,48H,7-9,12,25-27,29-32H2,1-6H3,(H,56,64)(H,57,63)(H,58,62,65)/t42-,44?,45-,48-,53-/m1/s1. The van der Waals surface area contributed by atoms with Crippen LogP contribution in [0.15, 0.2) is 95.8 Å². The molecular formula is C53H64Cl2N6O7S. The highest BCUT2D eigenvalue weighted by Crippen LogP contribution is 2.52. The predicted octanol–water partition coefficient (Wildman–Crippen LogP) is 9.18. The van der Waals surface area contributed by atoms with Crippen molar-refractivity contribution in [3.63, 3.8) is 0 Å².